The van der Waals surface area contributed by atoms with Crippen molar-refractivity contribution >= 4 is 22.8 Å². The normalized spacial score (nSPS) is 29.7. The highest BCUT2D eigenvalue weighted by Crippen LogP contribution is 2.87. The molecule has 6 N–H and O–H groups in total. The second-order valence-electron chi connectivity index (χ2n) is 13.6. The average molecular weight is 859 g/mol. The number of rotatable bonds is 21. The first-order chi connectivity index (χ1) is 26.8. The molecule has 4 rings (SSSR count). The fourth-order valence-corrected chi connectivity index (χ4v) is 16.3. The van der Waals surface area contributed by atoms with E-state index in [9.17, 15) is 30.6 Å². The van der Waals surface area contributed by atoms with Crippen molar-refractivity contribution in [2.45, 2.75) is 93.6 Å². The van der Waals surface area contributed by atoms with Crippen LogP contribution in [0.5, 0.6) is 0 Å². The van der Waals surface area contributed by atoms with E-state index in [0.29, 0.717) is 0 Å². The van der Waals surface area contributed by atoms with E-state index in [1.165, 1.54) is 102 Å². The number of benzene rings is 3. The highest BCUT2D eigenvalue weighted by molar-refractivity contribution is 7.61. The van der Waals surface area contributed by atoms with Crippen LogP contribution in [0.1, 0.15) is 58.2 Å². The lowest BCUT2D eigenvalue weighted by Gasteiger charge is -2.72. The van der Waals surface area contributed by atoms with Gasteiger partial charge >= 0.3 is 22.8 Å². The van der Waals surface area contributed by atoms with Crippen LogP contribution in [0.15, 0.2) is 91.0 Å². The Labute approximate surface area is 334 Å². The maximum atomic E-state index is 15.9. The summed E-state index contributed by atoms with van der Waals surface area (Å²) >= 11 is 0. The molecular weight excluding hydrogens is 801 g/mol. The summed E-state index contributed by atoms with van der Waals surface area (Å²) in [7, 11) is -17.4. The molecule has 0 unspecified atom stereocenters. The Morgan fingerprint density at radius 3 is 0.842 bits per heavy atom. The Balaban J connectivity index is 2.52. The molecule has 3 aromatic rings. The Hall–Kier alpha value is -2.13. The maximum absolute atomic E-state index is 15.9. The van der Waals surface area contributed by atoms with Crippen molar-refractivity contribution in [2.24, 2.45) is 0 Å². The summed E-state index contributed by atoms with van der Waals surface area (Å²) in [4.78, 5) is 0. The molecule has 3 aromatic carbocycles. The van der Waals surface area contributed by atoms with Gasteiger partial charge in [0.15, 0.2) is 5.60 Å². The van der Waals surface area contributed by atoms with E-state index in [-0.39, 0.29) is 16.7 Å². The molecule has 0 aromatic heterocycles. The SMILES string of the molecule is CCOP(=O)(OCC)[C@@]1(O)[C@](O)(Cc2ccccc2)[C@@](O)(P(=O)(OCC)OCC)[C@](O)(P(=O)(OCC)OCC)[C@@](O)(Cc2ccccc2)[C@@]1(O)Cc1ccccc1. The van der Waals surface area contributed by atoms with E-state index in [1.807, 2.05) is 0 Å². The van der Waals surface area contributed by atoms with E-state index in [1.54, 1.807) is 30.3 Å². The standard InChI is InChI=1S/C39H57O15P3/c1-7-49-55(46,50-8-2)37(43)34(40,28-31-22-16-13-17-23-31)35(41,29-32-24-18-14-19-25-32)38(44,56(47,51-9-3)52-10-4)39(45,57(48,53-11-5)54-12-6)36(37,42)30-33-26-20-15-21-27-33/h13-27,40-45H,7-12,28-30H2,1-6H3/t34-,35+,36+,37+,38+,39+/m0/s1. The largest absolute Gasteiger partial charge is 0.382 e. The first-order valence-electron chi connectivity index (χ1n) is 19.0. The summed E-state index contributed by atoms with van der Waals surface area (Å²) in [6, 6.07) is 22.6. The van der Waals surface area contributed by atoms with E-state index in [0.717, 1.165) is 0 Å². The molecule has 0 bridgehead atoms. The third kappa shape index (κ3) is 7.20. The molecule has 0 aliphatic heterocycles. The quantitative estimate of drug-likeness (QED) is 0.0698. The first kappa shape index (κ1) is 47.5. The van der Waals surface area contributed by atoms with E-state index < -0.39 is 115 Å². The molecule has 1 aliphatic carbocycles. The molecule has 0 amide bonds. The van der Waals surface area contributed by atoms with Crippen LogP contribution in [0.25, 0.3) is 0 Å². The molecule has 18 heteroatoms. The summed E-state index contributed by atoms with van der Waals surface area (Å²) in [6.45, 7) is 4.78. The summed E-state index contributed by atoms with van der Waals surface area (Å²) in [5.74, 6) is 0. The zero-order valence-electron chi connectivity index (χ0n) is 33.2. The molecular formula is C39H57O15P3. The zero-order valence-corrected chi connectivity index (χ0v) is 35.9. The van der Waals surface area contributed by atoms with Gasteiger partial charge in [0.05, 0.1) is 39.6 Å². The van der Waals surface area contributed by atoms with Crippen LogP contribution in [-0.2, 0) is 60.1 Å². The van der Waals surface area contributed by atoms with Gasteiger partial charge in [-0.2, -0.15) is 0 Å². The lowest BCUT2D eigenvalue weighted by molar-refractivity contribution is -0.388. The zero-order chi connectivity index (χ0) is 42.4. The van der Waals surface area contributed by atoms with Gasteiger partial charge in [0.1, 0.15) is 11.2 Å². The second-order valence-corrected chi connectivity index (χ2v) is 20.1. The van der Waals surface area contributed by atoms with Crippen LogP contribution in [0.3, 0.4) is 0 Å². The maximum Gasteiger partial charge on any atom is 0.369 e. The van der Waals surface area contributed by atoms with Gasteiger partial charge in [0.2, 0.25) is 16.0 Å². The lowest BCUT2D eigenvalue weighted by Crippen LogP contribution is -2.95. The van der Waals surface area contributed by atoms with Crippen molar-refractivity contribution in [3.63, 3.8) is 0 Å². The van der Waals surface area contributed by atoms with Gasteiger partial charge in [-0.1, -0.05) is 91.0 Å². The Bertz CT molecular complexity index is 1880. The minimum absolute atomic E-state index is 0.0107. The van der Waals surface area contributed by atoms with Crippen LogP contribution >= 0.6 is 22.8 Å². The monoisotopic (exact) mass is 858 g/mol. The van der Waals surface area contributed by atoms with Crippen LogP contribution in [0.2, 0.25) is 0 Å². The van der Waals surface area contributed by atoms with E-state index in [2.05, 4.69) is 0 Å². The van der Waals surface area contributed by atoms with Crippen molar-refractivity contribution < 1.29 is 71.5 Å². The van der Waals surface area contributed by atoms with Gasteiger partial charge in [-0.05, 0) is 58.2 Å². The number of aliphatic hydroxyl groups is 6. The molecule has 0 heterocycles. The van der Waals surface area contributed by atoms with Crippen molar-refractivity contribution in [3.8, 4) is 0 Å². The van der Waals surface area contributed by atoms with E-state index in [4.69, 9.17) is 27.1 Å². The first-order valence-corrected chi connectivity index (χ1v) is 23.6. The predicted octanol–water partition coefficient (Wildman–Crippen LogP) is 5.79. The van der Waals surface area contributed by atoms with Crippen LogP contribution in [0.4, 0.5) is 0 Å². The Morgan fingerprint density at radius 2 is 0.579 bits per heavy atom. The van der Waals surface area contributed by atoms with Gasteiger partial charge < -0.3 is 57.8 Å². The fraction of sp³-hybridized carbons (Fsp3) is 0.538. The van der Waals surface area contributed by atoms with Gasteiger partial charge in [-0.25, -0.2) is 0 Å². The predicted molar refractivity (Wildman–Crippen MR) is 213 cm³/mol. The molecule has 1 fully saturated rings. The molecule has 15 nitrogen and oxygen atoms in total. The van der Waals surface area contributed by atoms with Crippen molar-refractivity contribution in [3.05, 3.63) is 108 Å². The van der Waals surface area contributed by atoms with Gasteiger partial charge in [0, 0.05) is 19.3 Å². The molecule has 1 aliphatic rings. The van der Waals surface area contributed by atoms with Crippen LogP contribution < -0.4 is 0 Å². The van der Waals surface area contributed by atoms with Gasteiger partial charge in [0.25, 0.3) is 0 Å². The average Bonchev–Trinajstić information content (AvgIpc) is 3.17. The van der Waals surface area contributed by atoms with Crippen molar-refractivity contribution in [2.75, 3.05) is 39.6 Å². The van der Waals surface area contributed by atoms with Gasteiger partial charge in [-0.3, -0.25) is 13.7 Å². The Kier molecular flexibility index (Phi) is 15.2. The molecule has 0 radical (unpaired) electrons. The van der Waals surface area contributed by atoms with Crippen molar-refractivity contribution in [1.29, 1.82) is 0 Å². The molecule has 0 saturated heterocycles. The second kappa shape index (κ2) is 18.2. The van der Waals surface area contributed by atoms with Crippen LogP contribution in [-0.4, -0.2) is 103 Å². The molecule has 1 saturated carbocycles. The summed E-state index contributed by atoms with van der Waals surface area (Å²) in [5.41, 5.74) is -11.4. The summed E-state index contributed by atoms with van der Waals surface area (Å²) in [6.07, 6.45) is -3.28. The summed E-state index contributed by atoms with van der Waals surface area (Å²) in [5, 5.41) is 71.1. The highest BCUT2D eigenvalue weighted by atomic mass is 31.2. The molecule has 57 heavy (non-hydrogen) atoms. The van der Waals surface area contributed by atoms with Crippen molar-refractivity contribution in [1.82, 2.24) is 0 Å². The topological polar surface area (TPSA) is 228 Å². The lowest BCUT2D eigenvalue weighted by atomic mass is 9.55. The van der Waals surface area contributed by atoms with Crippen LogP contribution in [0, 0.1) is 0 Å². The minimum atomic E-state index is -5.88. The molecule has 6 atom stereocenters. The highest BCUT2D eigenvalue weighted by Gasteiger charge is 3.00. The smallest absolute Gasteiger partial charge is 0.369 e. The molecule has 0 spiro atoms. The fourth-order valence-electron chi connectivity index (χ4n) is 8.18. The number of hydrogen-bond acceptors (Lipinski definition) is 15. The van der Waals surface area contributed by atoms with E-state index >= 15 is 13.7 Å². The van der Waals surface area contributed by atoms with Gasteiger partial charge in [-0.15, -0.1) is 0 Å². The third-order valence-electron chi connectivity index (χ3n) is 10.4. The number of hydrogen-bond donors (Lipinski definition) is 6. The Morgan fingerprint density at radius 1 is 0.368 bits per heavy atom. The minimum Gasteiger partial charge on any atom is -0.382 e. The summed E-state index contributed by atoms with van der Waals surface area (Å²) < 4.78 is 82.0. The molecule has 318 valence electrons. The third-order valence-corrected chi connectivity index (χ3v) is 18.6.